The molecule has 1 atom stereocenters. The Morgan fingerprint density at radius 2 is 1.73 bits per heavy atom. The number of benzene rings is 2. The predicted molar refractivity (Wildman–Crippen MR) is 109 cm³/mol. The Bertz CT molecular complexity index is 759. The van der Waals surface area contributed by atoms with Gasteiger partial charge in [0.1, 0.15) is 0 Å². The lowest BCUT2D eigenvalue weighted by Crippen LogP contribution is -2.39. The highest BCUT2D eigenvalue weighted by molar-refractivity contribution is 7.80. The first-order chi connectivity index (χ1) is 12.6. The maximum atomic E-state index is 5.52. The largest absolute Gasteiger partial charge is 0.454 e. The van der Waals surface area contributed by atoms with Crippen LogP contribution < -0.4 is 20.1 Å². The Hall–Kier alpha value is -2.27. The Balaban J connectivity index is 1.59. The molecule has 0 fully saturated rings. The van der Waals surface area contributed by atoms with Crippen LogP contribution in [-0.4, -0.2) is 11.9 Å². The van der Waals surface area contributed by atoms with Gasteiger partial charge >= 0.3 is 0 Å². The van der Waals surface area contributed by atoms with Crippen molar-refractivity contribution in [3.8, 4) is 11.5 Å². The summed E-state index contributed by atoms with van der Waals surface area (Å²) in [4.78, 5) is 0. The van der Waals surface area contributed by atoms with Crippen molar-refractivity contribution in [2.24, 2.45) is 5.92 Å². The van der Waals surface area contributed by atoms with E-state index in [0.717, 1.165) is 23.5 Å². The topological polar surface area (TPSA) is 42.5 Å². The molecular weight excluding hydrogens is 344 g/mol. The maximum absolute atomic E-state index is 5.52. The second kappa shape index (κ2) is 8.41. The molecule has 0 aliphatic carbocycles. The zero-order valence-electron chi connectivity index (χ0n) is 15.5. The van der Waals surface area contributed by atoms with Crippen molar-refractivity contribution in [3.05, 3.63) is 59.2 Å². The van der Waals surface area contributed by atoms with Gasteiger partial charge in [0.15, 0.2) is 16.6 Å². The van der Waals surface area contributed by atoms with Gasteiger partial charge in [-0.2, -0.15) is 0 Å². The van der Waals surface area contributed by atoms with Crippen LogP contribution in [0.1, 0.15) is 43.5 Å². The second-order valence-electron chi connectivity index (χ2n) is 6.83. The van der Waals surface area contributed by atoms with Crippen molar-refractivity contribution >= 4 is 17.3 Å². The summed E-state index contributed by atoms with van der Waals surface area (Å²) >= 11 is 5.52. The van der Waals surface area contributed by atoms with Gasteiger partial charge in [-0.05, 0) is 53.4 Å². The van der Waals surface area contributed by atoms with Gasteiger partial charge < -0.3 is 20.1 Å². The van der Waals surface area contributed by atoms with E-state index in [0.29, 0.717) is 24.4 Å². The highest BCUT2D eigenvalue weighted by Crippen LogP contribution is 2.32. The van der Waals surface area contributed by atoms with Gasteiger partial charge in [0.05, 0.1) is 6.04 Å². The monoisotopic (exact) mass is 370 g/mol. The minimum atomic E-state index is 0.178. The fraction of sp³-hybridized carbons (Fsp3) is 0.381. The van der Waals surface area contributed by atoms with Crippen molar-refractivity contribution in [1.82, 2.24) is 10.6 Å². The molecule has 2 N–H and O–H groups in total. The fourth-order valence-electron chi connectivity index (χ4n) is 3.02. The maximum Gasteiger partial charge on any atom is 0.231 e. The molecule has 0 unspecified atom stereocenters. The lowest BCUT2D eigenvalue weighted by Gasteiger charge is -2.25. The van der Waals surface area contributed by atoms with Crippen LogP contribution in [0.5, 0.6) is 11.5 Å². The summed E-state index contributed by atoms with van der Waals surface area (Å²) < 4.78 is 10.8. The molecule has 0 bridgehead atoms. The van der Waals surface area contributed by atoms with Crippen molar-refractivity contribution < 1.29 is 9.47 Å². The van der Waals surface area contributed by atoms with E-state index in [2.05, 4.69) is 55.7 Å². The SMILES string of the molecule is CCc1ccc([C@H](NC(=S)NCc2ccc3c(c2)OCO3)C(C)C)cc1. The highest BCUT2D eigenvalue weighted by atomic mass is 32.1. The fourth-order valence-corrected chi connectivity index (χ4v) is 3.22. The predicted octanol–water partition coefficient (Wildman–Crippen LogP) is 4.34. The molecule has 138 valence electrons. The Kier molecular flexibility index (Phi) is 5.99. The molecule has 0 aromatic heterocycles. The summed E-state index contributed by atoms with van der Waals surface area (Å²) in [6.45, 7) is 7.50. The minimum absolute atomic E-state index is 0.178. The Labute approximate surface area is 160 Å². The molecule has 4 nitrogen and oxygen atoms in total. The molecule has 1 aliphatic rings. The molecule has 0 saturated carbocycles. The van der Waals surface area contributed by atoms with Crippen LogP contribution in [0.3, 0.4) is 0 Å². The van der Waals surface area contributed by atoms with E-state index < -0.39 is 0 Å². The number of nitrogens with one attached hydrogen (secondary N) is 2. The van der Waals surface area contributed by atoms with Crippen LogP contribution in [0, 0.1) is 5.92 Å². The van der Waals surface area contributed by atoms with E-state index in [1.54, 1.807) is 0 Å². The normalized spacial score (nSPS) is 13.5. The van der Waals surface area contributed by atoms with Crippen LogP contribution in [0.2, 0.25) is 0 Å². The number of rotatable bonds is 6. The summed E-state index contributed by atoms with van der Waals surface area (Å²) in [6, 6.07) is 14.9. The average Bonchev–Trinajstić information content (AvgIpc) is 3.12. The van der Waals surface area contributed by atoms with E-state index in [-0.39, 0.29) is 6.04 Å². The summed E-state index contributed by atoms with van der Waals surface area (Å²) in [5.74, 6) is 2.01. The summed E-state index contributed by atoms with van der Waals surface area (Å²) in [6.07, 6.45) is 1.05. The van der Waals surface area contributed by atoms with Gasteiger partial charge in [-0.3, -0.25) is 0 Å². The molecular formula is C21H26N2O2S. The van der Waals surface area contributed by atoms with Crippen LogP contribution in [0.25, 0.3) is 0 Å². The summed E-state index contributed by atoms with van der Waals surface area (Å²) in [5.41, 5.74) is 3.70. The number of fused-ring (bicyclic) bond motifs is 1. The number of aryl methyl sites for hydroxylation is 1. The van der Waals surface area contributed by atoms with Crippen LogP contribution in [-0.2, 0) is 13.0 Å². The van der Waals surface area contributed by atoms with E-state index in [9.17, 15) is 0 Å². The number of hydrogen-bond acceptors (Lipinski definition) is 3. The Morgan fingerprint density at radius 1 is 1.04 bits per heavy atom. The third kappa shape index (κ3) is 4.47. The molecule has 1 heterocycles. The Morgan fingerprint density at radius 3 is 2.42 bits per heavy atom. The first-order valence-electron chi connectivity index (χ1n) is 9.08. The van der Waals surface area contributed by atoms with Crippen molar-refractivity contribution in [2.75, 3.05) is 6.79 Å². The van der Waals surface area contributed by atoms with Crippen molar-refractivity contribution in [2.45, 2.75) is 39.8 Å². The summed E-state index contributed by atoms with van der Waals surface area (Å²) in [5, 5.41) is 7.40. The van der Waals surface area contributed by atoms with Gasteiger partial charge in [-0.15, -0.1) is 0 Å². The molecule has 0 spiro atoms. The third-order valence-corrected chi connectivity index (χ3v) is 4.85. The van der Waals surface area contributed by atoms with E-state index >= 15 is 0 Å². The van der Waals surface area contributed by atoms with E-state index in [1.807, 2.05) is 18.2 Å². The molecule has 0 saturated heterocycles. The van der Waals surface area contributed by atoms with Gasteiger partial charge in [-0.25, -0.2) is 0 Å². The van der Waals surface area contributed by atoms with E-state index in [1.165, 1.54) is 11.1 Å². The van der Waals surface area contributed by atoms with Crippen LogP contribution in [0.4, 0.5) is 0 Å². The lowest BCUT2D eigenvalue weighted by atomic mass is 9.95. The van der Waals surface area contributed by atoms with Crippen LogP contribution >= 0.6 is 12.2 Å². The van der Waals surface area contributed by atoms with Gasteiger partial charge in [0, 0.05) is 6.54 Å². The highest BCUT2D eigenvalue weighted by Gasteiger charge is 2.17. The molecule has 5 heteroatoms. The summed E-state index contributed by atoms with van der Waals surface area (Å²) in [7, 11) is 0. The zero-order valence-corrected chi connectivity index (χ0v) is 16.4. The molecule has 2 aromatic carbocycles. The smallest absolute Gasteiger partial charge is 0.231 e. The average molecular weight is 371 g/mol. The minimum Gasteiger partial charge on any atom is -0.454 e. The van der Waals surface area contributed by atoms with E-state index in [4.69, 9.17) is 21.7 Å². The van der Waals surface area contributed by atoms with Crippen molar-refractivity contribution in [1.29, 1.82) is 0 Å². The van der Waals surface area contributed by atoms with Crippen LogP contribution in [0.15, 0.2) is 42.5 Å². The second-order valence-corrected chi connectivity index (χ2v) is 7.24. The molecule has 2 aromatic rings. The first-order valence-corrected chi connectivity index (χ1v) is 9.49. The molecule has 26 heavy (non-hydrogen) atoms. The first kappa shape index (κ1) is 18.5. The standard InChI is InChI=1S/C21H26N2O2S/c1-4-15-5-8-17(9-6-15)20(14(2)3)23-21(26)22-12-16-7-10-18-19(11-16)25-13-24-18/h5-11,14,20H,4,12-13H2,1-3H3,(H2,22,23,26)/t20-/m1/s1. The third-order valence-electron chi connectivity index (χ3n) is 4.59. The molecule has 1 aliphatic heterocycles. The quantitative estimate of drug-likeness (QED) is 0.741. The van der Waals surface area contributed by atoms with Gasteiger partial charge in [-0.1, -0.05) is 51.1 Å². The number of hydrogen-bond donors (Lipinski definition) is 2. The molecule has 3 rings (SSSR count). The lowest BCUT2D eigenvalue weighted by molar-refractivity contribution is 0.174. The number of ether oxygens (including phenoxy) is 2. The van der Waals surface area contributed by atoms with Gasteiger partial charge in [0.2, 0.25) is 6.79 Å². The molecule has 0 amide bonds. The molecule has 0 radical (unpaired) electrons. The zero-order chi connectivity index (χ0) is 18.5. The van der Waals surface area contributed by atoms with Crippen molar-refractivity contribution in [3.63, 3.8) is 0 Å². The number of thiocarbonyl (C=S) groups is 1. The van der Waals surface area contributed by atoms with Gasteiger partial charge in [0.25, 0.3) is 0 Å².